The zero-order valence-electron chi connectivity index (χ0n) is 14.3. The van der Waals surface area contributed by atoms with Gasteiger partial charge in [0.25, 0.3) is 0 Å². The standard InChI is InChI=1S/C18H27ClN4O/c1-20-18(21-12-14-5-6-14)22-13-17(23-7-9-24-10-8-23)15-3-2-4-16(19)11-15/h2-4,11,14,17H,5-10,12-13H2,1H3,(H2,20,21,22). The van der Waals surface area contributed by atoms with Gasteiger partial charge in [0.15, 0.2) is 5.96 Å². The van der Waals surface area contributed by atoms with E-state index in [0.29, 0.717) is 0 Å². The molecule has 2 aliphatic rings. The summed E-state index contributed by atoms with van der Waals surface area (Å²) in [6.45, 7) is 5.25. The first-order valence-corrected chi connectivity index (χ1v) is 9.16. The molecule has 0 amide bonds. The van der Waals surface area contributed by atoms with Crippen LogP contribution in [0.2, 0.25) is 5.02 Å². The van der Waals surface area contributed by atoms with Crippen molar-refractivity contribution in [2.24, 2.45) is 10.9 Å². The van der Waals surface area contributed by atoms with Crippen LogP contribution < -0.4 is 10.6 Å². The van der Waals surface area contributed by atoms with Gasteiger partial charge in [-0.1, -0.05) is 23.7 Å². The number of benzene rings is 1. The number of hydrogen-bond acceptors (Lipinski definition) is 3. The van der Waals surface area contributed by atoms with E-state index in [-0.39, 0.29) is 6.04 Å². The zero-order valence-corrected chi connectivity index (χ0v) is 15.1. The van der Waals surface area contributed by atoms with Crippen LogP contribution in [-0.2, 0) is 4.74 Å². The molecule has 2 fully saturated rings. The highest BCUT2D eigenvalue weighted by Crippen LogP contribution is 2.27. The Hall–Kier alpha value is -1.30. The van der Waals surface area contributed by atoms with Crippen molar-refractivity contribution in [3.05, 3.63) is 34.9 Å². The van der Waals surface area contributed by atoms with Crippen molar-refractivity contribution >= 4 is 17.6 Å². The molecule has 0 bridgehead atoms. The molecule has 6 heteroatoms. The SMILES string of the molecule is CN=C(NCC1CC1)NCC(c1cccc(Cl)c1)N1CCOCC1. The number of hydrogen-bond donors (Lipinski definition) is 2. The van der Waals surface area contributed by atoms with Crippen molar-refractivity contribution in [1.29, 1.82) is 0 Å². The Balaban J connectivity index is 1.64. The number of guanidine groups is 1. The van der Waals surface area contributed by atoms with E-state index in [2.05, 4.69) is 32.7 Å². The molecule has 3 rings (SSSR count). The molecular weight excluding hydrogens is 324 g/mol. The Labute approximate surface area is 149 Å². The largest absolute Gasteiger partial charge is 0.379 e. The van der Waals surface area contributed by atoms with Gasteiger partial charge in [0, 0.05) is 38.2 Å². The first-order chi connectivity index (χ1) is 11.8. The van der Waals surface area contributed by atoms with Gasteiger partial charge in [0.2, 0.25) is 0 Å². The van der Waals surface area contributed by atoms with Crippen molar-refractivity contribution in [3.63, 3.8) is 0 Å². The lowest BCUT2D eigenvalue weighted by molar-refractivity contribution is 0.0170. The second-order valence-electron chi connectivity index (χ2n) is 6.50. The van der Waals surface area contributed by atoms with Crippen molar-refractivity contribution < 1.29 is 4.74 Å². The van der Waals surface area contributed by atoms with Gasteiger partial charge in [0.05, 0.1) is 19.3 Å². The average molecular weight is 351 g/mol. The van der Waals surface area contributed by atoms with Crippen LogP contribution in [0.25, 0.3) is 0 Å². The van der Waals surface area contributed by atoms with E-state index in [0.717, 1.165) is 56.3 Å². The number of nitrogens with zero attached hydrogens (tertiary/aromatic N) is 2. The highest BCUT2D eigenvalue weighted by Gasteiger charge is 2.24. The van der Waals surface area contributed by atoms with Gasteiger partial charge in [-0.05, 0) is 36.5 Å². The number of ether oxygens (including phenoxy) is 1. The number of nitrogens with one attached hydrogen (secondary N) is 2. The fraction of sp³-hybridized carbons (Fsp3) is 0.611. The summed E-state index contributed by atoms with van der Waals surface area (Å²) in [5, 5.41) is 7.68. The average Bonchev–Trinajstić information content (AvgIpc) is 3.43. The molecule has 1 aromatic carbocycles. The van der Waals surface area contributed by atoms with Crippen LogP contribution in [0.1, 0.15) is 24.4 Å². The molecule has 0 radical (unpaired) electrons. The van der Waals surface area contributed by atoms with Gasteiger partial charge in [-0.15, -0.1) is 0 Å². The van der Waals surface area contributed by atoms with E-state index < -0.39 is 0 Å². The van der Waals surface area contributed by atoms with Gasteiger partial charge in [-0.25, -0.2) is 0 Å². The van der Waals surface area contributed by atoms with Gasteiger partial charge < -0.3 is 15.4 Å². The molecule has 1 aliphatic carbocycles. The molecule has 1 atom stereocenters. The smallest absolute Gasteiger partial charge is 0.191 e. The lowest BCUT2D eigenvalue weighted by atomic mass is 10.0. The van der Waals surface area contributed by atoms with Gasteiger partial charge in [-0.3, -0.25) is 9.89 Å². The fourth-order valence-corrected chi connectivity index (χ4v) is 3.24. The molecule has 1 unspecified atom stereocenters. The second-order valence-corrected chi connectivity index (χ2v) is 6.93. The molecule has 2 N–H and O–H groups in total. The molecular formula is C18H27ClN4O. The van der Waals surface area contributed by atoms with Crippen LogP contribution >= 0.6 is 11.6 Å². The third-order valence-electron chi connectivity index (χ3n) is 4.66. The maximum Gasteiger partial charge on any atom is 0.191 e. The maximum absolute atomic E-state index is 6.21. The summed E-state index contributed by atoms with van der Waals surface area (Å²) in [6.07, 6.45) is 2.67. The van der Waals surface area contributed by atoms with E-state index in [1.165, 1.54) is 18.4 Å². The van der Waals surface area contributed by atoms with Crippen molar-refractivity contribution in [2.45, 2.75) is 18.9 Å². The van der Waals surface area contributed by atoms with E-state index >= 15 is 0 Å². The van der Waals surface area contributed by atoms with Crippen LogP contribution in [-0.4, -0.2) is 57.3 Å². The van der Waals surface area contributed by atoms with Crippen LogP contribution in [0.4, 0.5) is 0 Å². The molecule has 0 aromatic heterocycles. The Kier molecular flexibility index (Phi) is 6.35. The number of rotatable bonds is 6. The Morgan fingerprint density at radius 1 is 1.33 bits per heavy atom. The third-order valence-corrected chi connectivity index (χ3v) is 4.90. The fourth-order valence-electron chi connectivity index (χ4n) is 3.04. The monoisotopic (exact) mass is 350 g/mol. The minimum Gasteiger partial charge on any atom is -0.379 e. The van der Waals surface area contributed by atoms with Crippen molar-refractivity contribution in [3.8, 4) is 0 Å². The van der Waals surface area contributed by atoms with E-state index in [9.17, 15) is 0 Å². The predicted octanol–water partition coefficient (Wildman–Crippen LogP) is 2.29. The lowest BCUT2D eigenvalue weighted by Crippen LogP contribution is -2.46. The maximum atomic E-state index is 6.21. The van der Waals surface area contributed by atoms with Crippen molar-refractivity contribution in [2.75, 3.05) is 46.4 Å². The van der Waals surface area contributed by atoms with E-state index in [1.807, 2.05) is 19.2 Å². The van der Waals surface area contributed by atoms with Crippen LogP contribution in [0.5, 0.6) is 0 Å². The summed E-state index contributed by atoms with van der Waals surface area (Å²) < 4.78 is 5.50. The molecule has 1 heterocycles. The van der Waals surface area contributed by atoms with Crippen LogP contribution in [0, 0.1) is 5.92 Å². The lowest BCUT2D eigenvalue weighted by Gasteiger charge is -2.35. The Morgan fingerprint density at radius 2 is 2.12 bits per heavy atom. The van der Waals surface area contributed by atoms with E-state index in [1.54, 1.807) is 0 Å². The number of aliphatic imine (C=N–C) groups is 1. The topological polar surface area (TPSA) is 48.9 Å². The molecule has 1 saturated heterocycles. The molecule has 1 saturated carbocycles. The molecule has 1 aliphatic heterocycles. The summed E-state index contributed by atoms with van der Waals surface area (Å²) in [6, 6.07) is 8.40. The quantitative estimate of drug-likeness (QED) is 0.610. The highest BCUT2D eigenvalue weighted by molar-refractivity contribution is 6.30. The first-order valence-electron chi connectivity index (χ1n) is 8.78. The third kappa shape index (κ3) is 5.10. The number of morpholine rings is 1. The first kappa shape index (κ1) is 17.5. The molecule has 132 valence electrons. The summed E-state index contributed by atoms with van der Waals surface area (Å²) in [4.78, 5) is 6.80. The highest BCUT2D eigenvalue weighted by atomic mass is 35.5. The normalized spacial score (nSPS) is 20.7. The van der Waals surface area contributed by atoms with Gasteiger partial charge in [0.1, 0.15) is 0 Å². The molecule has 24 heavy (non-hydrogen) atoms. The summed E-state index contributed by atoms with van der Waals surface area (Å²) >= 11 is 6.21. The van der Waals surface area contributed by atoms with E-state index in [4.69, 9.17) is 16.3 Å². The summed E-state index contributed by atoms with van der Waals surface area (Å²) in [5.41, 5.74) is 1.23. The summed E-state index contributed by atoms with van der Waals surface area (Å²) in [7, 11) is 1.82. The van der Waals surface area contributed by atoms with Crippen LogP contribution in [0.15, 0.2) is 29.3 Å². The van der Waals surface area contributed by atoms with Crippen LogP contribution in [0.3, 0.4) is 0 Å². The van der Waals surface area contributed by atoms with Gasteiger partial charge in [-0.2, -0.15) is 0 Å². The Morgan fingerprint density at radius 3 is 2.79 bits per heavy atom. The zero-order chi connectivity index (χ0) is 16.8. The second kappa shape index (κ2) is 8.70. The minimum atomic E-state index is 0.257. The minimum absolute atomic E-state index is 0.257. The molecule has 5 nitrogen and oxygen atoms in total. The van der Waals surface area contributed by atoms with Crippen molar-refractivity contribution in [1.82, 2.24) is 15.5 Å². The summed E-state index contributed by atoms with van der Waals surface area (Å²) in [5.74, 6) is 1.70. The van der Waals surface area contributed by atoms with Gasteiger partial charge >= 0.3 is 0 Å². The predicted molar refractivity (Wildman–Crippen MR) is 98.7 cm³/mol. The number of halogens is 1. The molecule has 0 spiro atoms. The molecule has 1 aromatic rings. The Bertz CT molecular complexity index is 556.